The molecule has 0 bridgehead atoms. The molecule has 1 heterocycles. The second-order valence-electron chi connectivity index (χ2n) is 7.19. The van der Waals surface area contributed by atoms with Gasteiger partial charge in [0.25, 0.3) is 0 Å². The highest BCUT2D eigenvalue weighted by atomic mass is 32.1. The maximum absolute atomic E-state index is 12.7. The number of hydrogen-bond donors (Lipinski definition) is 0. The van der Waals surface area contributed by atoms with E-state index in [0.29, 0.717) is 31.5 Å². The molecule has 25 heavy (non-hydrogen) atoms. The zero-order valence-electron chi connectivity index (χ0n) is 15.2. The summed E-state index contributed by atoms with van der Waals surface area (Å²) in [5.74, 6) is 0.662. The lowest BCUT2D eigenvalue weighted by Crippen LogP contribution is -2.33. The Labute approximate surface area is 153 Å². The van der Waals surface area contributed by atoms with Gasteiger partial charge in [-0.15, -0.1) is 0 Å². The SMILES string of the molecule is Cc1csc(=O)n1CCC(=O)N(Cc1ccc(C(C)C)cc1)C1CC1. The first kappa shape index (κ1) is 17.9. The van der Waals surface area contributed by atoms with Crippen LogP contribution in [0.4, 0.5) is 0 Å². The average molecular weight is 359 g/mol. The molecule has 0 saturated heterocycles. The highest BCUT2D eigenvalue weighted by Gasteiger charge is 2.32. The molecule has 1 aliphatic rings. The van der Waals surface area contributed by atoms with Crippen LogP contribution in [-0.2, 0) is 17.9 Å². The Morgan fingerprint density at radius 3 is 2.48 bits per heavy atom. The van der Waals surface area contributed by atoms with Gasteiger partial charge in [-0.1, -0.05) is 49.4 Å². The van der Waals surface area contributed by atoms with Crippen molar-refractivity contribution in [3.8, 4) is 0 Å². The second-order valence-corrected chi connectivity index (χ2v) is 8.01. The minimum Gasteiger partial charge on any atom is -0.335 e. The lowest BCUT2D eigenvalue weighted by Gasteiger charge is -2.23. The van der Waals surface area contributed by atoms with Crippen LogP contribution in [0, 0.1) is 6.92 Å². The molecule has 1 amide bonds. The second kappa shape index (κ2) is 7.56. The van der Waals surface area contributed by atoms with Crippen LogP contribution in [0.1, 0.15) is 55.8 Å². The molecule has 0 unspecified atom stereocenters. The smallest absolute Gasteiger partial charge is 0.307 e. The van der Waals surface area contributed by atoms with Crippen LogP contribution in [0.3, 0.4) is 0 Å². The number of aromatic nitrogens is 1. The van der Waals surface area contributed by atoms with Gasteiger partial charge in [-0.25, -0.2) is 0 Å². The summed E-state index contributed by atoms with van der Waals surface area (Å²) in [6.07, 6.45) is 2.57. The van der Waals surface area contributed by atoms with Crippen LogP contribution >= 0.6 is 11.3 Å². The third-order valence-corrected chi connectivity index (χ3v) is 5.71. The number of nitrogens with zero attached hydrogens (tertiary/aromatic N) is 2. The maximum Gasteiger partial charge on any atom is 0.307 e. The first-order valence-electron chi connectivity index (χ1n) is 8.99. The lowest BCUT2D eigenvalue weighted by molar-refractivity contribution is -0.132. The van der Waals surface area contributed by atoms with E-state index in [1.54, 1.807) is 4.57 Å². The third-order valence-electron chi connectivity index (χ3n) is 4.83. The van der Waals surface area contributed by atoms with E-state index < -0.39 is 0 Å². The van der Waals surface area contributed by atoms with Gasteiger partial charge in [0, 0.05) is 36.6 Å². The molecule has 1 fully saturated rings. The van der Waals surface area contributed by atoms with E-state index in [4.69, 9.17) is 0 Å². The average Bonchev–Trinajstić information content (AvgIpc) is 3.38. The number of aryl methyl sites for hydroxylation is 1. The predicted octanol–water partition coefficient (Wildman–Crippen LogP) is 3.92. The van der Waals surface area contributed by atoms with Gasteiger partial charge in [-0.2, -0.15) is 0 Å². The molecule has 0 atom stereocenters. The summed E-state index contributed by atoms with van der Waals surface area (Å²) in [7, 11) is 0. The van der Waals surface area contributed by atoms with E-state index in [1.807, 2.05) is 17.2 Å². The summed E-state index contributed by atoms with van der Waals surface area (Å²) in [5, 5.41) is 1.85. The van der Waals surface area contributed by atoms with Crippen molar-refractivity contribution in [2.45, 2.75) is 65.1 Å². The molecule has 1 saturated carbocycles. The Morgan fingerprint density at radius 1 is 1.28 bits per heavy atom. The molecule has 3 rings (SSSR count). The predicted molar refractivity (Wildman–Crippen MR) is 102 cm³/mol. The van der Waals surface area contributed by atoms with Crippen LogP contribution in [0.25, 0.3) is 0 Å². The molecular formula is C20H26N2O2S. The Morgan fingerprint density at radius 2 is 1.96 bits per heavy atom. The van der Waals surface area contributed by atoms with E-state index in [2.05, 4.69) is 38.1 Å². The Balaban J connectivity index is 1.64. The van der Waals surface area contributed by atoms with Crippen molar-refractivity contribution in [3.05, 3.63) is 56.1 Å². The first-order valence-corrected chi connectivity index (χ1v) is 9.87. The Kier molecular flexibility index (Phi) is 5.42. The van der Waals surface area contributed by atoms with E-state index in [-0.39, 0.29) is 10.8 Å². The summed E-state index contributed by atoms with van der Waals surface area (Å²) < 4.78 is 1.70. The molecule has 2 aromatic rings. The summed E-state index contributed by atoms with van der Waals surface area (Å²) >= 11 is 1.20. The Bertz CT molecular complexity index is 785. The van der Waals surface area contributed by atoms with Gasteiger partial charge in [0.05, 0.1) is 0 Å². The molecule has 0 spiro atoms. The van der Waals surface area contributed by atoms with Crippen LogP contribution in [0.5, 0.6) is 0 Å². The molecule has 1 aliphatic carbocycles. The minimum atomic E-state index is 0.0209. The molecule has 0 aliphatic heterocycles. The molecule has 1 aromatic carbocycles. The molecule has 0 N–H and O–H groups in total. The van der Waals surface area contributed by atoms with Crippen LogP contribution in [-0.4, -0.2) is 21.4 Å². The summed E-state index contributed by atoms with van der Waals surface area (Å²) in [4.78, 5) is 26.6. The van der Waals surface area contributed by atoms with Gasteiger partial charge >= 0.3 is 4.87 Å². The van der Waals surface area contributed by atoms with Crippen molar-refractivity contribution in [1.29, 1.82) is 0 Å². The van der Waals surface area contributed by atoms with Crippen LogP contribution in [0.15, 0.2) is 34.4 Å². The van der Waals surface area contributed by atoms with E-state index >= 15 is 0 Å². The third kappa shape index (κ3) is 4.40. The summed E-state index contributed by atoms with van der Waals surface area (Å²) in [6, 6.07) is 8.95. The van der Waals surface area contributed by atoms with Gasteiger partial charge in [0.1, 0.15) is 0 Å². The van der Waals surface area contributed by atoms with Crippen molar-refractivity contribution in [2.24, 2.45) is 0 Å². The quantitative estimate of drug-likeness (QED) is 0.753. The van der Waals surface area contributed by atoms with E-state index in [9.17, 15) is 9.59 Å². The molecular weight excluding hydrogens is 332 g/mol. The number of carbonyl (C=O) groups is 1. The van der Waals surface area contributed by atoms with Crippen molar-refractivity contribution in [3.63, 3.8) is 0 Å². The summed E-state index contributed by atoms with van der Waals surface area (Å²) in [6.45, 7) is 7.42. The van der Waals surface area contributed by atoms with Crippen LogP contribution in [0.2, 0.25) is 0 Å². The fourth-order valence-corrected chi connectivity index (χ4v) is 3.80. The number of benzene rings is 1. The van der Waals surface area contributed by atoms with Gasteiger partial charge in [-0.05, 0) is 36.8 Å². The molecule has 0 radical (unpaired) electrons. The molecule has 1 aromatic heterocycles. The van der Waals surface area contributed by atoms with Crippen LogP contribution < -0.4 is 4.87 Å². The largest absolute Gasteiger partial charge is 0.335 e. The normalized spacial score (nSPS) is 14.1. The zero-order valence-corrected chi connectivity index (χ0v) is 16.0. The highest BCUT2D eigenvalue weighted by molar-refractivity contribution is 7.07. The molecule has 134 valence electrons. The lowest BCUT2D eigenvalue weighted by atomic mass is 10.0. The number of hydrogen-bond acceptors (Lipinski definition) is 3. The Hall–Kier alpha value is -1.88. The maximum atomic E-state index is 12.7. The van der Waals surface area contributed by atoms with Crippen molar-refractivity contribution < 1.29 is 4.79 Å². The number of carbonyl (C=O) groups excluding carboxylic acids is 1. The number of rotatable bonds is 7. The standard InChI is InChI=1S/C20H26N2O2S/c1-14(2)17-6-4-16(5-7-17)12-22(18-8-9-18)19(23)10-11-21-15(3)13-25-20(21)24/h4-7,13-14,18H,8-12H2,1-3H3. The monoisotopic (exact) mass is 358 g/mol. The summed E-state index contributed by atoms with van der Waals surface area (Å²) in [5.41, 5.74) is 3.43. The topological polar surface area (TPSA) is 42.3 Å². The van der Waals surface area contributed by atoms with E-state index in [0.717, 1.165) is 18.5 Å². The molecule has 5 heteroatoms. The van der Waals surface area contributed by atoms with Crippen molar-refractivity contribution in [1.82, 2.24) is 9.47 Å². The molecule has 4 nitrogen and oxygen atoms in total. The van der Waals surface area contributed by atoms with Gasteiger partial charge in [0.15, 0.2) is 0 Å². The zero-order chi connectivity index (χ0) is 18.0. The first-order chi connectivity index (χ1) is 12.0. The fourth-order valence-electron chi connectivity index (χ4n) is 3.04. The van der Waals surface area contributed by atoms with Gasteiger partial charge < -0.3 is 9.47 Å². The number of amides is 1. The van der Waals surface area contributed by atoms with Gasteiger partial charge in [-0.3, -0.25) is 9.59 Å². The van der Waals surface area contributed by atoms with Gasteiger partial charge in [0.2, 0.25) is 5.91 Å². The van der Waals surface area contributed by atoms with Crippen molar-refractivity contribution in [2.75, 3.05) is 0 Å². The highest BCUT2D eigenvalue weighted by Crippen LogP contribution is 2.29. The minimum absolute atomic E-state index is 0.0209. The van der Waals surface area contributed by atoms with Crippen molar-refractivity contribution >= 4 is 17.2 Å². The van der Waals surface area contributed by atoms with E-state index in [1.165, 1.54) is 22.5 Å². The fraction of sp³-hybridized carbons (Fsp3) is 0.500. The number of thiazole rings is 1.